The van der Waals surface area contributed by atoms with Gasteiger partial charge in [0.25, 0.3) is 5.69 Å². The smallest absolute Gasteiger partial charge is 0.292 e. The first kappa shape index (κ1) is 16.7. The molecule has 0 atom stereocenters. The number of nitro benzene ring substituents is 1. The van der Waals surface area contributed by atoms with Crippen molar-refractivity contribution in [1.29, 1.82) is 0 Å². The van der Waals surface area contributed by atoms with E-state index < -0.39 is 0 Å². The lowest BCUT2D eigenvalue weighted by atomic mass is 10.2. The molecule has 0 bridgehead atoms. The Balaban J connectivity index is 1.71. The van der Waals surface area contributed by atoms with Gasteiger partial charge >= 0.3 is 0 Å². The Hall–Kier alpha value is -2.19. The van der Waals surface area contributed by atoms with E-state index in [4.69, 9.17) is 5.73 Å². The molecule has 1 fully saturated rings. The Morgan fingerprint density at radius 2 is 2.17 bits per heavy atom. The van der Waals surface area contributed by atoms with Crippen LogP contribution in [0.15, 0.2) is 23.6 Å². The van der Waals surface area contributed by atoms with Crippen LogP contribution in [0.3, 0.4) is 0 Å². The first-order chi connectivity index (χ1) is 11.5. The van der Waals surface area contributed by atoms with Gasteiger partial charge in [0.15, 0.2) is 0 Å². The van der Waals surface area contributed by atoms with Crippen LogP contribution in [0.2, 0.25) is 0 Å². The number of nitrogens with two attached hydrogens (primary N) is 1. The van der Waals surface area contributed by atoms with Crippen molar-refractivity contribution < 1.29 is 4.92 Å². The van der Waals surface area contributed by atoms with Crippen LogP contribution in [-0.2, 0) is 6.54 Å². The fraction of sp³-hybridized carbons (Fsp3) is 0.438. The van der Waals surface area contributed by atoms with Gasteiger partial charge in [-0.1, -0.05) is 0 Å². The molecule has 1 aliphatic heterocycles. The van der Waals surface area contributed by atoms with Gasteiger partial charge in [0.1, 0.15) is 5.69 Å². The molecule has 0 aliphatic carbocycles. The number of nitrogens with zero attached hydrogens (tertiary/aromatic N) is 4. The summed E-state index contributed by atoms with van der Waals surface area (Å²) in [6.07, 6.45) is 0.953. The molecular formula is C16H21N5O2S. The normalized spacial score (nSPS) is 16.1. The summed E-state index contributed by atoms with van der Waals surface area (Å²) in [5.41, 5.74) is 8.22. The van der Waals surface area contributed by atoms with Gasteiger partial charge in [-0.15, -0.1) is 11.3 Å². The Morgan fingerprint density at radius 1 is 1.33 bits per heavy atom. The molecule has 1 aliphatic rings. The van der Waals surface area contributed by atoms with E-state index in [0.717, 1.165) is 49.8 Å². The number of nitrogen functional groups attached to an aromatic ring is 1. The topological polar surface area (TPSA) is 88.5 Å². The van der Waals surface area contributed by atoms with Crippen LogP contribution in [0.4, 0.5) is 17.1 Å². The minimum Gasteiger partial charge on any atom is -0.399 e. The zero-order valence-electron chi connectivity index (χ0n) is 13.6. The number of aromatic nitrogens is 1. The van der Waals surface area contributed by atoms with Crippen molar-refractivity contribution >= 4 is 28.4 Å². The SMILES string of the molecule is Cc1nc(CN2CCCN(c3cc(N)ccc3[N+](=O)[O-])CC2)cs1. The number of benzene rings is 1. The van der Waals surface area contributed by atoms with E-state index in [-0.39, 0.29) is 10.6 Å². The minimum atomic E-state index is -0.338. The van der Waals surface area contributed by atoms with Crippen molar-refractivity contribution in [3.8, 4) is 0 Å². The molecule has 24 heavy (non-hydrogen) atoms. The van der Waals surface area contributed by atoms with E-state index in [2.05, 4.69) is 20.2 Å². The molecule has 2 aromatic rings. The maximum Gasteiger partial charge on any atom is 0.292 e. The lowest BCUT2D eigenvalue weighted by Gasteiger charge is -2.23. The van der Waals surface area contributed by atoms with Gasteiger partial charge in [0.2, 0.25) is 0 Å². The van der Waals surface area contributed by atoms with Crippen LogP contribution in [0.5, 0.6) is 0 Å². The molecule has 128 valence electrons. The fourth-order valence-corrected chi connectivity index (χ4v) is 3.63. The average Bonchev–Trinajstić information content (AvgIpc) is 2.81. The van der Waals surface area contributed by atoms with Gasteiger partial charge < -0.3 is 10.6 Å². The maximum atomic E-state index is 11.3. The molecule has 1 saturated heterocycles. The van der Waals surface area contributed by atoms with Crippen molar-refractivity contribution in [2.45, 2.75) is 19.9 Å². The third kappa shape index (κ3) is 3.82. The molecule has 0 spiro atoms. The first-order valence-corrected chi connectivity index (χ1v) is 8.83. The number of rotatable bonds is 4. The molecule has 2 heterocycles. The molecule has 0 amide bonds. The summed E-state index contributed by atoms with van der Waals surface area (Å²) in [7, 11) is 0. The number of aryl methyl sites for hydroxylation is 1. The van der Waals surface area contributed by atoms with E-state index in [1.165, 1.54) is 6.07 Å². The van der Waals surface area contributed by atoms with Crippen LogP contribution in [-0.4, -0.2) is 41.0 Å². The first-order valence-electron chi connectivity index (χ1n) is 7.95. The molecule has 3 rings (SSSR count). The van der Waals surface area contributed by atoms with Crippen LogP contribution in [0, 0.1) is 17.0 Å². The second kappa shape index (κ2) is 7.14. The van der Waals surface area contributed by atoms with Gasteiger partial charge in [-0.25, -0.2) is 4.98 Å². The molecule has 0 unspecified atom stereocenters. The summed E-state index contributed by atoms with van der Waals surface area (Å²) in [4.78, 5) is 19.9. The van der Waals surface area contributed by atoms with Crippen molar-refractivity contribution in [3.05, 3.63) is 44.4 Å². The quantitative estimate of drug-likeness (QED) is 0.520. The third-order valence-corrected chi connectivity index (χ3v) is 5.00. The second-order valence-corrected chi connectivity index (χ2v) is 7.04. The molecule has 2 N–H and O–H groups in total. The highest BCUT2D eigenvalue weighted by Gasteiger charge is 2.22. The monoisotopic (exact) mass is 347 g/mol. The van der Waals surface area contributed by atoms with Gasteiger partial charge in [-0.3, -0.25) is 15.0 Å². The lowest BCUT2D eigenvalue weighted by Crippen LogP contribution is -2.31. The molecule has 0 saturated carbocycles. The molecule has 1 aromatic heterocycles. The van der Waals surface area contributed by atoms with Crippen LogP contribution < -0.4 is 10.6 Å². The molecule has 7 nitrogen and oxygen atoms in total. The maximum absolute atomic E-state index is 11.3. The van der Waals surface area contributed by atoms with Crippen molar-refractivity contribution in [3.63, 3.8) is 0 Å². The van der Waals surface area contributed by atoms with Crippen molar-refractivity contribution in [1.82, 2.24) is 9.88 Å². The summed E-state index contributed by atoms with van der Waals surface area (Å²) in [5.74, 6) is 0. The van der Waals surface area contributed by atoms with Crippen molar-refractivity contribution in [2.24, 2.45) is 0 Å². The fourth-order valence-electron chi connectivity index (χ4n) is 3.03. The molecule has 8 heteroatoms. The molecular weight excluding hydrogens is 326 g/mol. The molecule has 1 aromatic carbocycles. The molecule has 0 radical (unpaired) electrons. The van der Waals surface area contributed by atoms with Gasteiger partial charge in [0.05, 0.1) is 15.6 Å². The number of hydrogen-bond donors (Lipinski definition) is 1. The largest absolute Gasteiger partial charge is 0.399 e. The zero-order chi connectivity index (χ0) is 17.1. The van der Waals surface area contributed by atoms with E-state index in [1.807, 2.05) is 6.92 Å². The van der Waals surface area contributed by atoms with E-state index in [1.54, 1.807) is 23.5 Å². The van der Waals surface area contributed by atoms with Gasteiger partial charge in [-0.05, 0) is 25.5 Å². The second-order valence-electron chi connectivity index (χ2n) is 5.98. The predicted octanol–water partition coefficient (Wildman–Crippen LogP) is 2.65. The van der Waals surface area contributed by atoms with Crippen molar-refractivity contribution in [2.75, 3.05) is 36.8 Å². The van der Waals surface area contributed by atoms with Crippen LogP contribution in [0.25, 0.3) is 0 Å². The number of nitro groups is 1. The predicted molar refractivity (Wildman–Crippen MR) is 96.5 cm³/mol. The summed E-state index contributed by atoms with van der Waals surface area (Å²) in [6, 6.07) is 4.78. The summed E-state index contributed by atoms with van der Waals surface area (Å²) in [6.45, 7) is 6.19. The Labute approximate surface area is 144 Å². The van der Waals surface area contributed by atoms with Gasteiger partial charge in [0, 0.05) is 49.9 Å². The van der Waals surface area contributed by atoms with Crippen LogP contribution >= 0.6 is 11.3 Å². The van der Waals surface area contributed by atoms with E-state index in [0.29, 0.717) is 11.4 Å². The average molecular weight is 347 g/mol. The van der Waals surface area contributed by atoms with E-state index in [9.17, 15) is 10.1 Å². The Morgan fingerprint density at radius 3 is 2.88 bits per heavy atom. The minimum absolute atomic E-state index is 0.118. The van der Waals surface area contributed by atoms with Crippen LogP contribution in [0.1, 0.15) is 17.1 Å². The Bertz CT molecular complexity index is 733. The highest BCUT2D eigenvalue weighted by Crippen LogP contribution is 2.31. The number of thiazole rings is 1. The summed E-state index contributed by atoms with van der Waals surface area (Å²) < 4.78 is 0. The van der Waals surface area contributed by atoms with E-state index >= 15 is 0 Å². The summed E-state index contributed by atoms with van der Waals surface area (Å²) >= 11 is 1.67. The standard InChI is InChI=1S/C16H21N5O2S/c1-12-18-14(11-24-12)10-19-5-2-6-20(8-7-19)16-9-13(17)3-4-15(16)21(22)23/h3-4,9,11H,2,5-8,10,17H2,1H3. The number of anilines is 2. The number of hydrogen-bond acceptors (Lipinski definition) is 7. The highest BCUT2D eigenvalue weighted by molar-refractivity contribution is 7.09. The van der Waals surface area contributed by atoms with Gasteiger partial charge in [-0.2, -0.15) is 0 Å². The highest BCUT2D eigenvalue weighted by atomic mass is 32.1. The Kier molecular flexibility index (Phi) is 4.96. The zero-order valence-corrected chi connectivity index (χ0v) is 14.5. The lowest BCUT2D eigenvalue weighted by molar-refractivity contribution is -0.384. The summed E-state index contributed by atoms with van der Waals surface area (Å²) in [5, 5.41) is 14.5. The third-order valence-electron chi connectivity index (χ3n) is 4.18.